The number of ether oxygens (including phenoxy) is 1. The Morgan fingerprint density at radius 3 is 2.67 bits per heavy atom. The maximum absolute atomic E-state index is 5.61. The number of hydrogen-bond acceptors (Lipinski definition) is 1. The maximum atomic E-state index is 5.61. The standard InChI is InChI=1S/C9H17INO/c10-6-9-7-12-8-11(9)4-2-1-3-5-11/h9H,1-8H2/q+1. The van der Waals surface area contributed by atoms with E-state index in [2.05, 4.69) is 22.6 Å². The van der Waals surface area contributed by atoms with Gasteiger partial charge in [-0.1, -0.05) is 22.6 Å². The molecule has 0 aromatic heterocycles. The minimum Gasteiger partial charge on any atom is -0.325 e. The molecule has 0 saturated carbocycles. The van der Waals surface area contributed by atoms with Crippen molar-refractivity contribution in [2.75, 3.05) is 30.9 Å². The zero-order valence-corrected chi connectivity index (χ0v) is 9.63. The normalized spacial score (nSPS) is 34.2. The Bertz CT molecular complexity index is 157. The number of halogens is 1. The van der Waals surface area contributed by atoms with Gasteiger partial charge in [0.25, 0.3) is 0 Å². The smallest absolute Gasteiger partial charge is 0.183 e. The first-order chi connectivity index (χ1) is 5.87. The highest BCUT2D eigenvalue weighted by Gasteiger charge is 2.42. The van der Waals surface area contributed by atoms with Crippen molar-refractivity contribution in [1.82, 2.24) is 0 Å². The molecule has 1 atom stereocenters. The minimum atomic E-state index is 0.797. The van der Waals surface area contributed by atoms with Crippen LogP contribution in [-0.4, -0.2) is 41.4 Å². The molecule has 12 heavy (non-hydrogen) atoms. The summed E-state index contributed by atoms with van der Waals surface area (Å²) in [5.74, 6) is 0. The van der Waals surface area contributed by atoms with E-state index in [9.17, 15) is 0 Å². The number of piperidine rings is 1. The minimum absolute atomic E-state index is 0.797. The number of hydrogen-bond donors (Lipinski definition) is 0. The lowest BCUT2D eigenvalue weighted by Crippen LogP contribution is -2.55. The second kappa shape index (κ2) is 3.80. The summed E-state index contributed by atoms with van der Waals surface area (Å²) < 4.78 is 8.15. The van der Waals surface area contributed by atoms with E-state index < -0.39 is 0 Å². The molecule has 0 N–H and O–H groups in total. The number of nitrogens with zero attached hydrogens (tertiary/aromatic N) is 1. The van der Waals surface area contributed by atoms with Crippen LogP contribution >= 0.6 is 22.6 Å². The highest BCUT2D eigenvalue weighted by atomic mass is 127. The second-order valence-electron chi connectivity index (χ2n) is 4.03. The van der Waals surface area contributed by atoms with E-state index >= 15 is 0 Å². The SMILES string of the molecule is ICC1COC[N+]12CCCCC2. The third-order valence-corrected chi connectivity index (χ3v) is 4.33. The van der Waals surface area contributed by atoms with Crippen LogP contribution in [0, 0.1) is 0 Å². The van der Waals surface area contributed by atoms with Crippen LogP contribution in [0.25, 0.3) is 0 Å². The zero-order valence-electron chi connectivity index (χ0n) is 7.47. The molecule has 0 radical (unpaired) electrons. The van der Waals surface area contributed by atoms with Gasteiger partial charge in [0.2, 0.25) is 0 Å². The molecule has 0 aromatic carbocycles. The fourth-order valence-electron chi connectivity index (χ4n) is 2.46. The third kappa shape index (κ3) is 1.51. The first-order valence-electron chi connectivity index (χ1n) is 4.87. The average molecular weight is 282 g/mol. The molecule has 1 unspecified atom stereocenters. The fourth-order valence-corrected chi connectivity index (χ4v) is 3.55. The summed E-state index contributed by atoms with van der Waals surface area (Å²) in [5.41, 5.74) is 0. The van der Waals surface area contributed by atoms with E-state index in [-0.39, 0.29) is 0 Å². The van der Waals surface area contributed by atoms with Crippen molar-refractivity contribution in [2.45, 2.75) is 25.3 Å². The van der Waals surface area contributed by atoms with E-state index in [0.29, 0.717) is 0 Å². The Kier molecular flexibility index (Phi) is 2.92. The second-order valence-corrected chi connectivity index (χ2v) is 4.92. The Labute approximate surface area is 88.0 Å². The molecule has 0 amide bonds. The summed E-state index contributed by atoms with van der Waals surface area (Å²) in [7, 11) is 0. The van der Waals surface area contributed by atoms with Gasteiger partial charge >= 0.3 is 0 Å². The Morgan fingerprint density at radius 2 is 2.00 bits per heavy atom. The van der Waals surface area contributed by atoms with E-state index in [1.54, 1.807) is 0 Å². The van der Waals surface area contributed by atoms with Crippen LogP contribution in [-0.2, 0) is 4.74 Å². The van der Waals surface area contributed by atoms with E-state index in [0.717, 1.165) is 19.4 Å². The van der Waals surface area contributed by atoms with Crippen molar-refractivity contribution in [3.63, 3.8) is 0 Å². The van der Waals surface area contributed by atoms with Crippen molar-refractivity contribution in [3.8, 4) is 0 Å². The lowest BCUT2D eigenvalue weighted by atomic mass is 10.1. The van der Waals surface area contributed by atoms with Crippen LogP contribution < -0.4 is 0 Å². The van der Waals surface area contributed by atoms with Gasteiger partial charge < -0.3 is 4.74 Å². The van der Waals surface area contributed by atoms with Gasteiger partial charge in [-0.3, -0.25) is 4.48 Å². The van der Waals surface area contributed by atoms with Gasteiger partial charge in [-0.25, -0.2) is 0 Å². The first kappa shape index (κ1) is 9.21. The lowest BCUT2D eigenvalue weighted by molar-refractivity contribution is -0.947. The van der Waals surface area contributed by atoms with Gasteiger partial charge in [-0.15, -0.1) is 0 Å². The molecule has 1 spiro atoms. The highest BCUT2D eigenvalue weighted by Crippen LogP contribution is 2.28. The predicted molar refractivity (Wildman–Crippen MR) is 57.3 cm³/mol. The largest absolute Gasteiger partial charge is 0.325 e. The Balaban J connectivity index is 2.05. The number of rotatable bonds is 1. The topological polar surface area (TPSA) is 9.23 Å². The molecule has 70 valence electrons. The van der Waals surface area contributed by atoms with E-state index in [1.807, 2.05) is 0 Å². The van der Waals surface area contributed by atoms with E-state index in [1.165, 1.54) is 41.3 Å². The third-order valence-electron chi connectivity index (χ3n) is 3.32. The maximum Gasteiger partial charge on any atom is 0.183 e. The van der Waals surface area contributed by atoms with E-state index in [4.69, 9.17) is 4.74 Å². The van der Waals surface area contributed by atoms with Gasteiger partial charge in [0.1, 0.15) is 12.6 Å². The van der Waals surface area contributed by atoms with Crippen LogP contribution in [0.4, 0.5) is 0 Å². The van der Waals surface area contributed by atoms with Crippen LogP contribution in [0.5, 0.6) is 0 Å². The van der Waals surface area contributed by atoms with Crippen molar-refractivity contribution < 1.29 is 9.22 Å². The molecule has 0 aliphatic carbocycles. The molecule has 2 nitrogen and oxygen atoms in total. The summed E-state index contributed by atoms with van der Waals surface area (Å²) in [6.45, 7) is 4.73. The fraction of sp³-hybridized carbons (Fsp3) is 1.00. The van der Waals surface area contributed by atoms with Crippen LogP contribution in [0.15, 0.2) is 0 Å². The Hall–Kier alpha value is 0.650. The molecule has 0 aromatic rings. The van der Waals surface area contributed by atoms with Gasteiger partial charge in [-0.05, 0) is 19.3 Å². The first-order valence-corrected chi connectivity index (χ1v) is 6.39. The van der Waals surface area contributed by atoms with Crippen LogP contribution in [0.2, 0.25) is 0 Å². The summed E-state index contributed by atoms with van der Waals surface area (Å²) in [6, 6.07) is 0.797. The summed E-state index contributed by atoms with van der Waals surface area (Å²) >= 11 is 2.51. The number of quaternary nitrogens is 1. The predicted octanol–water partition coefficient (Wildman–Crippen LogP) is 1.78. The number of alkyl halides is 1. The molecular weight excluding hydrogens is 265 g/mol. The van der Waals surface area contributed by atoms with Gasteiger partial charge in [-0.2, -0.15) is 0 Å². The molecule has 2 heterocycles. The van der Waals surface area contributed by atoms with Crippen LogP contribution in [0.1, 0.15) is 19.3 Å². The van der Waals surface area contributed by atoms with Gasteiger partial charge in [0.05, 0.1) is 17.5 Å². The molecule has 2 saturated heterocycles. The average Bonchev–Trinajstić information content (AvgIpc) is 2.49. The van der Waals surface area contributed by atoms with Gasteiger partial charge in [0.15, 0.2) is 6.73 Å². The molecule has 2 fully saturated rings. The molecule has 3 heteroatoms. The summed E-state index contributed by atoms with van der Waals surface area (Å²) in [6.07, 6.45) is 4.26. The summed E-state index contributed by atoms with van der Waals surface area (Å²) in [5, 5.41) is 0. The molecule has 2 aliphatic rings. The summed E-state index contributed by atoms with van der Waals surface area (Å²) in [4.78, 5) is 0. The zero-order chi connectivity index (χ0) is 8.44. The van der Waals surface area contributed by atoms with Crippen molar-refractivity contribution in [3.05, 3.63) is 0 Å². The monoisotopic (exact) mass is 282 g/mol. The Morgan fingerprint density at radius 1 is 1.25 bits per heavy atom. The van der Waals surface area contributed by atoms with Crippen molar-refractivity contribution >= 4 is 22.6 Å². The lowest BCUT2D eigenvalue weighted by Gasteiger charge is -2.40. The van der Waals surface area contributed by atoms with Gasteiger partial charge in [0, 0.05) is 0 Å². The molecule has 0 bridgehead atoms. The van der Waals surface area contributed by atoms with Crippen LogP contribution in [0.3, 0.4) is 0 Å². The molecule has 2 aliphatic heterocycles. The highest BCUT2D eigenvalue weighted by molar-refractivity contribution is 14.1. The molecular formula is C9H17INO+. The quantitative estimate of drug-likeness (QED) is 0.405. The van der Waals surface area contributed by atoms with Crippen molar-refractivity contribution in [1.29, 1.82) is 0 Å². The van der Waals surface area contributed by atoms with Crippen molar-refractivity contribution in [2.24, 2.45) is 0 Å². The molecule has 2 rings (SSSR count).